The van der Waals surface area contributed by atoms with Crippen molar-refractivity contribution in [1.82, 2.24) is 5.32 Å². The van der Waals surface area contributed by atoms with Crippen molar-refractivity contribution in [3.63, 3.8) is 0 Å². The van der Waals surface area contributed by atoms with E-state index in [9.17, 15) is 9.18 Å². The maximum atomic E-state index is 11.9. The van der Waals surface area contributed by atoms with Gasteiger partial charge in [-0.1, -0.05) is 0 Å². The van der Waals surface area contributed by atoms with Crippen molar-refractivity contribution in [2.75, 3.05) is 0 Å². The predicted molar refractivity (Wildman–Crippen MR) is 25.5 cm³/mol. The molecule has 0 atom stereocenters. The standard InChI is InChI=1S/C5H3FNO/c6-4-1-2-5(8)7-3-4/h1-3H. The van der Waals surface area contributed by atoms with Crippen LogP contribution in [0.25, 0.3) is 0 Å². The van der Waals surface area contributed by atoms with E-state index in [0.29, 0.717) is 0 Å². The number of carbonyl (C=O) groups excluding carboxylic acids is 1. The van der Waals surface area contributed by atoms with Crippen molar-refractivity contribution in [3.8, 4) is 0 Å². The lowest BCUT2D eigenvalue weighted by atomic mass is 10.4. The Morgan fingerprint density at radius 3 is 2.62 bits per heavy atom. The normalized spacial score (nSPS) is 17.6. The molecule has 0 saturated carbocycles. The molecule has 0 bridgehead atoms. The van der Waals surface area contributed by atoms with Crippen LogP contribution >= 0.6 is 0 Å². The summed E-state index contributed by atoms with van der Waals surface area (Å²) >= 11 is 0. The predicted octanol–water partition coefficient (Wildman–Crippen LogP) is 0.498. The van der Waals surface area contributed by atoms with E-state index in [1.807, 2.05) is 0 Å². The van der Waals surface area contributed by atoms with E-state index in [0.717, 1.165) is 18.4 Å². The fraction of sp³-hybridized carbons (Fsp3) is 0. The molecule has 0 fully saturated rings. The van der Waals surface area contributed by atoms with E-state index in [1.165, 1.54) is 0 Å². The number of halogens is 1. The summed E-state index contributed by atoms with van der Waals surface area (Å²) in [4.78, 5) is 10.1. The zero-order valence-electron chi connectivity index (χ0n) is 3.97. The van der Waals surface area contributed by atoms with E-state index in [2.05, 4.69) is 5.32 Å². The molecule has 0 aromatic rings. The van der Waals surface area contributed by atoms with Crippen LogP contribution in [-0.2, 0) is 4.79 Å². The van der Waals surface area contributed by atoms with Gasteiger partial charge in [0.15, 0.2) is 0 Å². The SMILES string of the molecule is O=C1C=CC(F)=C[N]1. The van der Waals surface area contributed by atoms with Crippen molar-refractivity contribution < 1.29 is 9.18 Å². The molecule has 2 nitrogen and oxygen atoms in total. The van der Waals surface area contributed by atoms with Crippen LogP contribution < -0.4 is 5.32 Å². The number of rotatable bonds is 0. The quantitative estimate of drug-likeness (QED) is 0.449. The van der Waals surface area contributed by atoms with Crippen LogP contribution in [0.4, 0.5) is 4.39 Å². The second-order valence-electron chi connectivity index (χ2n) is 1.31. The van der Waals surface area contributed by atoms with Crippen LogP contribution in [0.3, 0.4) is 0 Å². The topological polar surface area (TPSA) is 31.2 Å². The van der Waals surface area contributed by atoms with Gasteiger partial charge in [-0.3, -0.25) is 4.79 Å². The molecule has 0 aromatic carbocycles. The third-order valence-corrected chi connectivity index (χ3v) is 0.700. The van der Waals surface area contributed by atoms with Gasteiger partial charge in [0.25, 0.3) is 5.91 Å². The van der Waals surface area contributed by atoms with Crippen molar-refractivity contribution in [2.45, 2.75) is 0 Å². The third kappa shape index (κ3) is 0.932. The summed E-state index contributed by atoms with van der Waals surface area (Å²) in [5, 5.41) is 3.15. The molecule has 1 aliphatic rings. The average Bonchev–Trinajstić information content (AvgIpc) is 1.77. The van der Waals surface area contributed by atoms with Crippen LogP contribution in [0.2, 0.25) is 0 Å². The molecule has 1 heterocycles. The summed E-state index contributed by atoms with van der Waals surface area (Å²) in [6.45, 7) is 0. The summed E-state index contributed by atoms with van der Waals surface area (Å²) in [6.07, 6.45) is 3.05. The van der Waals surface area contributed by atoms with Gasteiger partial charge in [-0.15, -0.1) is 0 Å². The van der Waals surface area contributed by atoms with Gasteiger partial charge in [0.05, 0.1) is 6.20 Å². The second kappa shape index (κ2) is 1.78. The number of amides is 1. The maximum Gasteiger partial charge on any atom is 0.269 e. The summed E-state index contributed by atoms with van der Waals surface area (Å²) in [5.74, 6) is -0.893. The first-order valence-corrected chi connectivity index (χ1v) is 2.07. The zero-order valence-corrected chi connectivity index (χ0v) is 3.97. The smallest absolute Gasteiger partial charge is 0.267 e. The van der Waals surface area contributed by atoms with E-state index < -0.39 is 11.7 Å². The Bertz CT molecular complexity index is 169. The molecule has 0 spiro atoms. The van der Waals surface area contributed by atoms with Gasteiger partial charge in [-0.2, -0.15) is 0 Å². The first kappa shape index (κ1) is 5.03. The first-order valence-electron chi connectivity index (χ1n) is 2.07. The van der Waals surface area contributed by atoms with E-state index in [1.54, 1.807) is 0 Å². The second-order valence-corrected chi connectivity index (χ2v) is 1.31. The Labute approximate surface area is 45.7 Å². The van der Waals surface area contributed by atoms with Crippen molar-refractivity contribution in [1.29, 1.82) is 0 Å². The van der Waals surface area contributed by atoms with Crippen LogP contribution in [0.15, 0.2) is 24.2 Å². The molecule has 41 valence electrons. The summed E-state index contributed by atoms with van der Waals surface area (Å²) < 4.78 is 11.9. The van der Waals surface area contributed by atoms with Crippen LogP contribution in [0.5, 0.6) is 0 Å². The van der Waals surface area contributed by atoms with Gasteiger partial charge in [-0.05, 0) is 6.08 Å². The minimum atomic E-state index is -0.482. The molecule has 1 aliphatic heterocycles. The van der Waals surface area contributed by atoms with Crippen LogP contribution in [-0.4, -0.2) is 5.91 Å². The lowest BCUT2D eigenvalue weighted by Crippen LogP contribution is -2.08. The van der Waals surface area contributed by atoms with Crippen molar-refractivity contribution in [2.24, 2.45) is 0 Å². The zero-order chi connectivity index (χ0) is 5.98. The van der Waals surface area contributed by atoms with E-state index >= 15 is 0 Å². The minimum Gasteiger partial charge on any atom is -0.267 e. The molecule has 0 aromatic heterocycles. The van der Waals surface area contributed by atoms with Gasteiger partial charge >= 0.3 is 0 Å². The summed E-state index contributed by atoms with van der Waals surface area (Å²) in [6, 6.07) is 0. The molecule has 0 saturated heterocycles. The molecule has 0 N–H and O–H groups in total. The molecule has 0 unspecified atom stereocenters. The fourth-order valence-electron chi connectivity index (χ4n) is 0.362. The average molecular weight is 112 g/mol. The van der Waals surface area contributed by atoms with Gasteiger partial charge in [0.2, 0.25) is 0 Å². The highest BCUT2D eigenvalue weighted by atomic mass is 19.1. The Morgan fingerprint density at radius 2 is 2.25 bits per heavy atom. The maximum absolute atomic E-state index is 11.9. The molecule has 1 rings (SSSR count). The number of nitrogens with zero attached hydrogens (tertiary/aromatic N) is 1. The van der Waals surface area contributed by atoms with Crippen molar-refractivity contribution in [3.05, 3.63) is 24.2 Å². The molecule has 0 aliphatic carbocycles. The van der Waals surface area contributed by atoms with E-state index in [4.69, 9.17) is 0 Å². The molecule has 8 heavy (non-hydrogen) atoms. The van der Waals surface area contributed by atoms with Crippen LogP contribution in [0, 0.1) is 0 Å². The monoisotopic (exact) mass is 112 g/mol. The first-order chi connectivity index (χ1) is 3.79. The molecule has 3 heteroatoms. The lowest BCUT2D eigenvalue weighted by molar-refractivity contribution is -0.116. The van der Waals surface area contributed by atoms with Gasteiger partial charge in [-0.25, -0.2) is 9.71 Å². The highest BCUT2D eigenvalue weighted by Crippen LogP contribution is 2.00. The highest BCUT2D eigenvalue weighted by molar-refractivity contribution is 5.89. The highest BCUT2D eigenvalue weighted by Gasteiger charge is 2.00. The van der Waals surface area contributed by atoms with E-state index in [-0.39, 0.29) is 0 Å². The Morgan fingerprint density at radius 1 is 1.50 bits per heavy atom. The number of carbonyl (C=O) groups is 1. The van der Waals surface area contributed by atoms with Crippen molar-refractivity contribution >= 4 is 5.91 Å². The molecular formula is C5H3FNO. The van der Waals surface area contributed by atoms with Crippen LogP contribution in [0.1, 0.15) is 0 Å². The Kier molecular flexibility index (Phi) is 1.12. The molecule has 1 amide bonds. The Balaban J connectivity index is 2.71. The largest absolute Gasteiger partial charge is 0.269 e. The number of hydrogen-bond acceptors (Lipinski definition) is 1. The number of allylic oxidation sites excluding steroid dienone is 2. The Hall–Kier alpha value is -1.12. The molecule has 1 radical (unpaired) electrons. The molecular weight excluding hydrogens is 109 g/mol. The van der Waals surface area contributed by atoms with Gasteiger partial charge in [0, 0.05) is 6.08 Å². The third-order valence-electron chi connectivity index (χ3n) is 0.700. The van der Waals surface area contributed by atoms with Gasteiger partial charge < -0.3 is 0 Å². The lowest BCUT2D eigenvalue weighted by Gasteiger charge is -1.93. The summed E-state index contributed by atoms with van der Waals surface area (Å²) in [5.41, 5.74) is 0. The summed E-state index contributed by atoms with van der Waals surface area (Å²) in [7, 11) is 0. The fourth-order valence-corrected chi connectivity index (χ4v) is 0.362. The number of hydrogen-bond donors (Lipinski definition) is 0. The van der Waals surface area contributed by atoms with Gasteiger partial charge in [0.1, 0.15) is 5.83 Å². The minimum absolute atomic E-state index is 0.411.